The minimum Gasteiger partial charge on any atom is -0.332 e. The summed E-state index contributed by atoms with van der Waals surface area (Å²) in [5.74, 6) is -3.48. The Hall–Kier alpha value is -3.58. The van der Waals surface area contributed by atoms with Gasteiger partial charge < -0.3 is 23.7 Å². The van der Waals surface area contributed by atoms with E-state index >= 15 is 0 Å². The summed E-state index contributed by atoms with van der Waals surface area (Å²) >= 11 is 6.00. The number of carbonyl (C=O) groups is 1. The van der Waals surface area contributed by atoms with Crippen LogP contribution >= 0.6 is 12.2 Å². The maximum Gasteiger partial charge on any atom is 0.314 e. The summed E-state index contributed by atoms with van der Waals surface area (Å²) in [6, 6.07) is 20.2. The lowest BCUT2D eigenvalue weighted by Gasteiger charge is -2.44. The molecule has 4 bridgehead atoms. The maximum absolute atomic E-state index is 13.9. The molecule has 3 aromatic rings. The Morgan fingerprint density at radius 2 is 1.55 bits per heavy atom. The standard InChI is InChI=1S/C27H20N2O8S/c1-33-26-20-10-6-5-9-19(20)25(22-21(30)17-7-3-4-8-18(17)27(34-2,36-22)37-25)23(35-26)24(38)28(26)15-11-13-16(14-12-15)29(31)32/h3-14,22-23H,1-2H3. The topological polar surface area (TPSA) is 110 Å². The summed E-state index contributed by atoms with van der Waals surface area (Å²) in [5, 5.41) is 11.3. The number of non-ortho nitro benzene ring substituents is 1. The van der Waals surface area contributed by atoms with Gasteiger partial charge in [0.1, 0.15) is 4.99 Å². The van der Waals surface area contributed by atoms with Gasteiger partial charge in [0.25, 0.3) is 11.6 Å². The van der Waals surface area contributed by atoms with Crippen molar-refractivity contribution in [2.45, 2.75) is 29.7 Å². The van der Waals surface area contributed by atoms with E-state index in [2.05, 4.69) is 0 Å². The summed E-state index contributed by atoms with van der Waals surface area (Å²) in [6.45, 7) is 0. The molecule has 3 aromatic carbocycles. The van der Waals surface area contributed by atoms with Crippen LogP contribution in [0.25, 0.3) is 0 Å². The number of nitro groups is 1. The van der Waals surface area contributed by atoms with Crippen LogP contribution in [0.15, 0.2) is 72.8 Å². The molecule has 0 aromatic heterocycles. The van der Waals surface area contributed by atoms with Crippen molar-refractivity contribution in [1.29, 1.82) is 0 Å². The van der Waals surface area contributed by atoms with Gasteiger partial charge in [-0.25, -0.2) is 0 Å². The molecule has 5 unspecified atom stereocenters. The Morgan fingerprint density at radius 1 is 0.895 bits per heavy atom. The number of fused-ring (bicyclic) bond motifs is 11. The van der Waals surface area contributed by atoms with Crippen molar-refractivity contribution >= 4 is 34.4 Å². The zero-order valence-electron chi connectivity index (χ0n) is 20.2. The van der Waals surface area contributed by atoms with Crippen molar-refractivity contribution in [3.63, 3.8) is 0 Å². The first-order valence-corrected chi connectivity index (χ1v) is 12.2. The van der Waals surface area contributed by atoms with Gasteiger partial charge in [0.2, 0.25) is 0 Å². The van der Waals surface area contributed by atoms with E-state index in [1.807, 2.05) is 24.3 Å². The summed E-state index contributed by atoms with van der Waals surface area (Å²) < 4.78 is 31.5. The lowest BCUT2D eigenvalue weighted by molar-refractivity contribution is -0.384. The first kappa shape index (κ1) is 23.5. The van der Waals surface area contributed by atoms with Crippen molar-refractivity contribution in [3.05, 3.63) is 105 Å². The third-order valence-electron chi connectivity index (χ3n) is 7.68. The lowest BCUT2D eigenvalue weighted by atomic mass is 9.76. The number of Topliss-reactive ketones (excluding diaryl/α,β-unsaturated/α-hetero) is 1. The van der Waals surface area contributed by atoms with Crippen LogP contribution in [0.1, 0.15) is 27.0 Å². The van der Waals surface area contributed by atoms with Crippen LogP contribution < -0.4 is 4.90 Å². The third kappa shape index (κ3) is 2.63. The molecule has 0 N–H and O–H groups in total. The summed E-state index contributed by atoms with van der Waals surface area (Å²) in [5.41, 5.74) is 0.966. The average Bonchev–Trinajstić information content (AvgIpc) is 3.42. The van der Waals surface area contributed by atoms with Crippen molar-refractivity contribution < 1.29 is 33.4 Å². The number of hydrogen-bond donors (Lipinski definition) is 0. The second-order valence-corrected chi connectivity index (χ2v) is 9.76. The SMILES string of the molecule is COC12OC(C(=O)c3ccccc31)C1(O2)c2ccccc2C2(OC)OC1C(=S)N2c1ccc([N+](=O)[O-])cc1. The van der Waals surface area contributed by atoms with Crippen LogP contribution in [-0.4, -0.2) is 42.1 Å². The number of benzene rings is 3. The fraction of sp³-hybridized carbons (Fsp3) is 0.259. The molecule has 0 saturated carbocycles. The van der Waals surface area contributed by atoms with E-state index in [1.165, 1.54) is 26.4 Å². The van der Waals surface area contributed by atoms with Crippen molar-refractivity contribution in [3.8, 4) is 0 Å². The summed E-state index contributed by atoms with van der Waals surface area (Å²) in [4.78, 5) is 26.6. The predicted octanol–water partition coefficient (Wildman–Crippen LogP) is 3.86. The van der Waals surface area contributed by atoms with E-state index < -0.39 is 34.6 Å². The fourth-order valence-corrected chi connectivity index (χ4v) is 6.54. The first-order chi connectivity index (χ1) is 18.3. The quantitative estimate of drug-likeness (QED) is 0.279. The Labute approximate surface area is 221 Å². The van der Waals surface area contributed by atoms with E-state index in [1.54, 1.807) is 41.3 Å². The number of nitro benzene ring substituents is 1. The van der Waals surface area contributed by atoms with Gasteiger partial charge in [-0.1, -0.05) is 60.7 Å². The number of hydrogen-bond acceptors (Lipinski definition) is 9. The number of ether oxygens (including phenoxy) is 5. The molecule has 4 heterocycles. The van der Waals surface area contributed by atoms with Crippen LogP contribution in [0.2, 0.25) is 0 Å². The van der Waals surface area contributed by atoms with Crippen molar-refractivity contribution in [2.75, 3.05) is 19.1 Å². The molecule has 4 aliphatic rings. The Morgan fingerprint density at radius 3 is 2.21 bits per heavy atom. The van der Waals surface area contributed by atoms with Crippen LogP contribution in [0.3, 0.4) is 0 Å². The van der Waals surface area contributed by atoms with E-state index in [0.717, 1.165) is 0 Å². The normalized spacial score (nSPS) is 32.4. The highest BCUT2D eigenvalue weighted by Gasteiger charge is 2.76. The number of rotatable bonds is 4. The van der Waals surface area contributed by atoms with Crippen LogP contribution in [-0.2, 0) is 41.2 Å². The molecule has 0 aliphatic carbocycles. The van der Waals surface area contributed by atoms with Crippen molar-refractivity contribution in [2.24, 2.45) is 0 Å². The molecular weight excluding hydrogens is 512 g/mol. The van der Waals surface area contributed by atoms with Crippen LogP contribution in [0, 0.1) is 10.1 Å². The summed E-state index contributed by atoms with van der Waals surface area (Å²) in [7, 11) is 2.94. The van der Waals surface area contributed by atoms with Crippen molar-refractivity contribution in [1.82, 2.24) is 0 Å². The van der Waals surface area contributed by atoms with Gasteiger partial charge in [-0.3, -0.25) is 19.8 Å². The average molecular weight is 533 g/mol. The van der Waals surface area contributed by atoms with Crippen LogP contribution in [0.4, 0.5) is 11.4 Å². The van der Waals surface area contributed by atoms with E-state index in [9.17, 15) is 14.9 Å². The highest BCUT2D eigenvalue weighted by atomic mass is 32.1. The molecule has 1 spiro atoms. The van der Waals surface area contributed by atoms with Gasteiger partial charge in [0.15, 0.2) is 23.6 Å². The second-order valence-electron chi connectivity index (χ2n) is 9.34. The van der Waals surface area contributed by atoms with E-state index in [0.29, 0.717) is 27.9 Å². The van der Waals surface area contributed by atoms with Gasteiger partial charge in [0, 0.05) is 48.7 Å². The number of anilines is 1. The molecule has 2 saturated heterocycles. The molecule has 0 amide bonds. The van der Waals surface area contributed by atoms with Gasteiger partial charge in [-0.2, -0.15) is 0 Å². The lowest BCUT2D eigenvalue weighted by Crippen LogP contribution is -2.56. The molecule has 7 rings (SSSR count). The number of thiocarbonyl (C=S) groups is 1. The predicted molar refractivity (Wildman–Crippen MR) is 135 cm³/mol. The molecule has 2 fully saturated rings. The number of ketones is 1. The molecule has 192 valence electrons. The van der Waals surface area contributed by atoms with Gasteiger partial charge in [-0.05, 0) is 12.1 Å². The second kappa shape index (κ2) is 7.73. The monoisotopic (exact) mass is 532 g/mol. The first-order valence-electron chi connectivity index (χ1n) is 11.8. The summed E-state index contributed by atoms with van der Waals surface area (Å²) in [6.07, 6.45) is -2.16. The van der Waals surface area contributed by atoms with Gasteiger partial charge in [0.05, 0.1) is 10.5 Å². The number of nitrogens with zero attached hydrogens (tertiary/aromatic N) is 2. The zero-order valence-corrected chi connectivity index (χ0v) is 21.0. The van der Waals surface area contributed by atoms with E-state index in [-0.39, 0.29) is 16.5 Å². The molecular formula is C27H20N2O8S. The minimum absolute atomic E-state index is 0.0715. The van der Waals surface area contributed by atoms with Gasteiger partial charge in [-0.15, -0.1) is 0 Å². The fourth-order valence-electron chi connectivity index (χ4n) is 6.09. The highest BCUT2D eigenvalue weighted by Crippen LogP contribution is 2.63. The van der Waals surface area contributed by atoms with Crippen LogP contribution in [0.5, 0.6) is 0 Å². The molecule has 4 aliphatic heterocycles. The maximum atomic E-state index is 13.9. The van der Waals surface area contributed by atoms with Gasteiger partial charge >= 0.3 is 5.97 Å². The molecule has 10 nitrogen and oxygen atoms in total. The molecule has 11 heteroatoms. The van der Waals surface area contributed by atoms with E-state index in [4.69, 9.17) is 35.9 Å². The molecule has 5 atom stereocenters. The zero-order chi connectivity index (χ0) is 26.4. The smallest absolute Gasteiger partial charge is 0.314 e. The molecule has 0 radical (unpaired) electrons. The highest BCUT2D eigenvalue weighted by molar-refractivity contribution is 7.80. The minimum atomic E-state index is -1.67. The Balaban J connectivity index is 1.47. The Bertz CT molecular complexity index is 1550. The Kier molecular flexibility index (Phi) is 4.79. The third-order valence-corrected chi connectivity index (χ3v) is 8.08. The largest absolute Gasteiger partial charge is 0.332 e. The number of methoxy groups -OCH3 is 2. The molecule has 38 heavy (non-hydrogen) atoms. The number of carbonyl (C=O) groups excluding carboxylic acids is 1.